The maximum Gasteiger partial charge on any atom is 0.329 e. The summed E-state index contributed by atoms with van der Waals surface area (Å²) in [5.74, 6) is -0.478. The SMILES string of the molecule is CCCCCCCC(=O)SCC/C=C/C1CC(=O)NCc2cccc(n2)C2=N[C@@](C)(CS2)C(=O)N[C@@H](C(C)C)C(=O)O1. The molecule has 1 unspecified atom stereocenters. The number of carbonyl (C=O) groups excluding carboxylic acids is 4. The molecule has 42 heavy (non-hydrogen) atoms. The highest BCUT2D eigenvalue weighted by Gasteiger charge is 2.41. The van der Waals surface area contributed by atoms with E-state index in [1.165, 1.54) is 42.8 Å². The molecule has 0 spiro atoms. The average molecular weight is 617 g/mol. The molecule has 1 aromatic rings. The Morgan fingerprint density at radius 2 is 2.00 bits per heavy atom. The van der Waals surface area contributed by atoms with Gasteiger partial charge in [0, 0.05) is 17.9 Å². The molecular formula is C31H44N4O5S2. The van der Waals surface area contributed by atoms with Gasteiger partial charge in [-0.15, -0.1) is 11.8 Å². The minimum atomic E-state index is -1.06. The van der Waals surface area contributed by atoms with Crippen molar-refractivity contribution < 1.29 is 23.9 Å². The molecule has 3 atom stereocenters. The van der Waals surface area contributed by atoms with E-state index in [-0.39, 0.29) is 35.8 Å². The first-order valence-corrected chi connectivity index (χ1v) is 16.9. The van der Waals surface area contributed by atoms with Crippen LogP contribution in [0.1, 0.15) is 90.4 Å². The number of ether oxygens (including phenoxy) is 1. The number of allylic oxidation sites excluding steroid dienone is 1. The van der Waals surface area contributed by atoms with E-state index in [4.69, 9.17) is 4.74 Å². The molecule has 2 amide bonds. The predicted octanol–water partition coefficient (Wildman–Crippen LogP) is 4.97. The summed E-state index contributed by atoms with van der Waals surface area (Å²) in [4.78, 5) is 61.0. The monoisotopic (exact) mass is 616 g/mol. The molecule has 2 aliphatic rings. The molecule has 230 valence electrons. The van der Waals surface area contributed by atoms with Crippen LogP contribution >= 0.6 is 23.5 Å². The summed E-state index contributed by atoms with van der Waals surface area (Å²) in [6.45, 7) is 7.78. The lowest BCUT2D eigenvalue weighted by Gasteiger charge is -2.27. The van der Waals surface area contributed by atoms with Gasteiger partial charge in [0.05, 0.1) is 24.4 Å². The van der Waals surface area contributed by atoms with E-state index in [9.17, 15) is 19.2 Å². The van der Waals surface area contributed by atoms with Gasteiger partial charge in [-0.25, -0.2) is 9.78 Å². The number of hydrogen-bond acceptors (Lipinski definition) is 9. The van der Waals surface area contributed by atoms with Gasteiger partial charge < -0.3 is 15.4 Å². The molecule has 0 fully saturated rings. The quantitative estimate of drug-likeness (QED) is 0.203. The normalized spacial score (nSPS) is 23.5. The summed E-state index contributed by atoms with van der Waals surface area (Å²) in [7, 11) is 0. The van der Waals surface area contributed by atoms with Crippen molar-refractivity contribution >= 4 is 51.5 Å². The molecule has 0 aliphatic carbocycles. The van der Waals surface area contributed by atoms with Gasteiger partial charge in [-0.1, -0.05) is 70.4 Å². The molecule has 3 heterocycles. The lowest BCUT2D eigenvalue weighted by Crippen LogP contribution is -2.53. The number of fused-ring (bicyclic) bond motifs is 4. The van der Waals surface area contributed by atoms with Gasteiger partial charge in [0.25, 0.3) is 0 Å². The highest BCUT2D eigenvalue weighted by molar-refractivity contribution is 8.14. The number of thioether (sulfide) groups is 2. The Kier molecular flexibility index (Phi) is 13.6. The van der Waals surface area contributed by atoms with Crippen molar-refractivity contribution in [3.63, 3.8) is 0 Å². The zero-order chi connectivity index (χ0) is 30.5. The van der Waals surface area contributed by atoms with Crippen molar-refractivity contribution in [3.8, 4) is 0 Å². The van der Waals surface area contributed by atoms with Crippen molar-refractivity contribution in [3.05, 3.63) is 41.7 Å². The van der Waals surface area contributed by atoms with Crippen molar-refractivity contribution in [2.24, 2.45) is 10.9 Å². The summed E-state index contributed by atoms with van der Waals surface area (Å²) in [5.41, 5.74) is 0.245. The molecule has 0 aromatic carbocycles. The van der Waals surface area contributed by atoms with Gasteiger partial charge >= 0.3 is 5.97 Å². The molecule has 2 aliphatic heterocycles. The van der Waals surface area contributed by atoms with E-state index in [1.54, 1.807) is 13.0 Å². The molecule has 2 N–H and O–H groups in total. The summed E-state index contributed by atoms with van der Waals surface area (Å²) >= 11 is 2.75. The summed E-state index contributed by atoms with van der Waals surface area (Å²) in [6.07, 6.45) is 9.37. The lowest BCUT2D eigenvalue weighted by molar-refractivity contribution is -0.153. The zero-order valence-corrected chi connectivity index (χ0v) is 26.8. The topological polar surface area (TPSA) is 127 Å². The van der Waals surface area contributed by atoms with Crippen LogP contribution in [0.5, 0.6) is 0 Å². The van der Waals surface area contributed by atoms with Crippen LogP contribution in [0.4, 0.5) is 0 Å². The van der Waals surface area contributed by atoms with Crippen LogP contribution in [0, 0.1) is 5.92 Å². The van der Waals surface area contributed by atoms with Crippen molar-refractivity contribution in [1.29, 1.82) is 0 Å². The van der Waals surface area contributed by atoms with E-state index in [0.717, 1.165) is 12.8 Å². The van der Waals surface area contributed by atoms with Gasteiger partial charge in [-0.3, -0.25) is 19.4 Å². The number of nitrogens with one attached hydrogen (secondary N) is 2. The Balaban J connectivity index is 1.69. The fraction of sp³-hybridized carbons (Fsp3) is 0.613. The number of aliphatic imine (C=N–C) groups is 1. The van der Waals surface area contributed by atoms with E-state index < -0.39 is 23.7 Å². The second-order valence-corrected chi connectivity index (χ2v) is 13.4. The van der Waals surface area contributed by atoms with Gasteiger partial charge in [0.1, 0.15) is 22.7 Å². The van der Waals surface area contributed by atoms with Crippen LogP contribution in [-0.4, -0.2) is 62.1 Å². The van der Waals surface area contributed by atoms with Crippen LogP contribution < -0.4 is 10.6 Å². The summed E-state index contributed by atoms with van der Waals surface area (Å²) in [5, 5.41) is 6.55. The van der Waals surface area contributed by atoms with Gasteiger partial charge in [-0.05, 0) is 43.9 Å². The minimum Gasteiger partial charge on any atom is -0.456 e. The highest BCUT2D eigenvalue weighted by atomic mass is 32.2. The Labute approximate surface area is 257 Å². The van der Waals surface area contributed by atoms with Crippen LogP contribution in [0.3, 0.4) is 0 Å². The second kappa shape index (κ2) is 16.8. The second-order valence-electron chi connectivity index (χ2n) is 11.2. The zero-order valence-electron chi connectivity index (χ0n) is 25.1. The average Bonchev–Trinajstić information content (AvgIpc) is 3.37. The van der Waals surface area contributed by atoms with E-state index in [1.807, 2.05) is 38.1 Å². The number of pyridine rings is 1. The van der Waals surface area contributed by atoms with E-state index in [0.29, 0.717) is 40.8 Å². The molecule has 1 aromatic heterocycles. The molecule has 4 bridgehead atoms. The third-order valence-electron chi connectivity index (χ3n) is 7.06. The lowest BCUT2D eigenvalue weighted by atomic mass is 10.0. The molecule has 0 radical (unpaired) electrons. The summed E-state index contributed by atoms with van der Waals surface area (Å²) in [6, 6.07) is 4.59. The molecule has 3 rings (SSSR count). The largest absolute Gasteiger partial charge is 0.456 e. The van der Waals surface area contributed by atoms with Crippen LogP contribution in [0.15, 0.2) is 35.3 Å². The Bertz CT molecular complexity index is 1170. The first-order valence-electron chi connectivity index (χ1n) is 14.9. The summed E-state index contributed by atoms with van der Waals surface area (Å²) < 4.78 is 5.78. The molecule has 11 heteroatoms. The van der Waals surface area contributed by atoms with Crippen molar-refractivity contribution in [2.75, 3.05) is 11.5 Å². The smallest absolute Gasteiger partial charge is 0.329 e. The van der Waals surface area contributed by atoms with E-state index >= 15 is 0 Å². The van der Waals surface area contributed by atoms with Crippen molar-refractivity contribution in [2.45, 2.75) is 103 Å². The number of rotatable bonds is 11. The van der Waals surface area contributed by atoms with Gasteiger partial charge in [0.2, 0.25) is 11.8 Å². The maximum atomic E-state index is 13.3. The molecular weight excluding hydrogens is 572 g/mol. The van der Waals surface area contributed by atoms with Crippen LogP contribution in [0.2, 0.25) is 0 Å². The van der Waals surface area contributed by atoms with E-state index in [2.05, 4.69) is 27.5 Å². The number of aromatic nitrogens is 1. The number of hydrogen-bond donors (Lipinski definition) is 2. The first-order chi connectivity index (χ1) is 20.1. The third kappa shape index (κ3) is 10.6. The standard InChI is InChI=1S/C31H44N4O5S2/c1-5-6-7-8-9-16-26(37)41-17-11-10-14-23-18-25(36)32-19-22-13-12-15-24(33-22)28-35-31(4,20-42-28)30(39)34-27(21(2)3)29(38)40-23/h10,12-15,21,23,27H,5-9,11,16-20H2,1-4H3,(H,32,36)(H,34,39)/b14-10+/t23?,27-,31-/m0/s1. The Hall–Kier alpha value is -2.66. The number of unbranched alkanes of at least 4 members (excludes halogenated alkanes) is 4. The maximum absolute atomic E-state index is 13.3. The molecule has 0 saturated heterocycles. The number of carbonyl (C=O) groups is 4. The predicted molar refractivity (Wildman–Crippen MR) is 169 cm³/mol. The van der Waals surface area contributed by atoms with Crippen molar-refractivity contribution in [1.82, 2.24) is 15.6 Å². The minimum absolute atomic E-state index is 0.0786. The Morgan fingerprint density at radius 3 is 2.76 bits per heavy atom. The van der Waals surface area contributed by atoms with Crippen LogP contribution in [0.25, 0.3) is 0 Å². The number of nitrogens with zero attached hydrogens (tertiary/aromatic N) is 2. The third-order valence-corrected chi connectivity index (χ3v) is 9.31. The van der Waals surface area contributed by atoms with Gasteiger partial charge in [0.15, 0.2) is 5.12 Å². The fourth-order valence-corrected chi connectivity index (χ4v) is 6.40. The first kappa shape index (κ1) is 33.8. The number of esters is 1. The molecule has 9 nitrogen and oxygen atoms in total. The van der Waals surface area contributed by atoms with Crippen LogP contribution in [-0.2, 0) is 30.5 Å². The molecule has 0 saturated carbocycles. The fourth-order valence-electron chi connectivity index (χ4n) is 4.49. The highest BCUT2D eigenvalue weighted by Crippen LogP contribution is 2.31. The Morgan fingerprint density at radius 1 is 1.21 bits per heavy atom. The number of amides is 2. The number of cyclic esters (lactones) is 1. The van der Waals surface area contributed by atoms with Gasteiger partial charge in [-0.2, -0.15) is 0 Å².